The van der Waals surface area contributed by atoms with Crippen LogP contribution in [0.3, 0.4) is 0 Å². The van der Waals surface area contributed by atoms with E-state index >= 15 is 0 Å². The number of benzene rings is 1. The molecule has 0 aromatic heterocycles. The van der Waals surface area contributed by atoms with Crippen LogP contribution in [0.4, 0.5) is 5.69 Å². The summed E-state index contributed by atoms with van der Waals surface area (Å²) >= 11 is 6.72. The van der Waals surface area contributed by atoms with Crippen LogP contribution in [0.5, 0.6) is 0 Å². The molecule has 3 aliphatic rings. The molecule has 0 saturated carbocycles. The number of hydrogen-bond donors (Lipinski definition) is 2. The lowest BCUT2D eigenvalue weighted by Gasteiger charge is -2.41. The van der Waals surface area contributed by atoms with Crippen molar-refractivity contribution in [1.29, 1.82) is 0 Å². The van der Waals surface area contributed by atoms with Gasteiger partial charge in [0.15, 0.2) is 0 Å². The van der Waals surface area contributed by atoms with Gasteiger partial charge in [-0.05, 0) is 75.2 Å². The largest absolute Gasteiger partial charge is 0.381 e. The maximum absolute atomic E-state index is 12.7. The lowest BCUT2D eigenvalue weighted by Crippen LogP contribution is -2.42. The Labute approximate surface area is 178 Å². The topological polar surface area (TPSA) is 62.7 Å². The first-order valence-corrected chi connectivity index (χ1v) is 11.1. The van der Waals surface area contributed by atoms with Gasteiger partial charge in [-0.25, -0.2) is 0 Å². The van der Waals surface area contributed by atoms with Crippen LogP contribution in [0.1, 0.15) is 54.4 Å². The van der Waals surface area contributed by atoms with Crippen LogP contribution in [0.2, 0.25) is 5.02 Å². The first-order valence-electron chi connectivity index (χ1n) is 10.7. The molecule has 0 unspecified atom stereocenters. The van der Waals surface area contributed by atoms with Gasteiger partial charge in [0.25, 0.3) is 5.91 Å². The maximum Gasteiger partial charge on any atom is 0.251 e. The van der Waals surface area contributed by atoms with Crippen LogP contribution in [0, 0.1) is 5.92 Å². The average molecular weight is 416 g/mol. The molecule has 0 aliphatic carbocycles. The number of halogens is 1. The maximum atomic E-state index is 12.7. The summed E-state index contributed by atoms with van der Waals surface area (Å²) in [5.74, 6) is 0.642. The number of carbonyl (C=O) groups is 1. The fraction of sp³-hybridized carbons (Fsp3) is 0.565. The third-order valence-electron chi connectivity index (χ3n) is 6.66. The molecular weight excluding hydrogens is 386 g/mol. The molecular formula is C23H30ClN3O2. The van der Waals surface area contributed by atoms with E-state index in [1.54, 1.807) is 6.07 Å². The predicted octanol–water partition coefficient (Wildman–Crippen LogP) is 4.17. The fourth-order valence-corrected chi connectivity index (χ4v) is 5.28. The standard InChI is InChI=1S/C23H30ClN3O2/c1-16-15-27-20-14-18(13-19(24)21(20)23(16)6-9-25-10-7-23)22(28)26-8-2-3-17-4-11-29-12-5-17/h13-15,17,25H,1-12H2,(H,26,28). The number of fused-ring (bicyclic) bond motifs is 2. The Morgan fingerprint density at radius 3 is 2.83 bits per heavy atom. The first kappa shape index (κ1) is 20.6. The molecule has 1 aromatic carbocycles. The van der Waals surface area contributed by atoms with Gasteiger partial charge in [-0.15, -0.1) is 0 Å². The summed E-state index contributed by atoms with van der Waals surface area (Å²) in [6.45, 7) is 8.53. The van der Waals surface area contributed by atoms with E-state index in [0.29, 0.717) is 17.1 Å². The van der Waals surface area contributed by atoms with Crippen LogP contribution in [-0.4, -0.2) is 45.0 Å². The molecule has 2 saturated heterocycles. The quantitative estimate of drug-likeness (QED) is 0.709. The van der Waals surface area contributed by atoms with Gasteiger partial charge in [0.1, 0.15) is 0 Å². The number of hydrogen-bond acceptors (Lipinski definition) is 4. The lowest BCUT2D eigenvalue weighted by atomic mass is 9.67. The highest BCUT2D eigenvalue weighted by Gasteiger charge is 2.41. The zero-order valence-corrected chi connectivity index (χ0v) is 17.7. The number of piperidine rings is 1. The molecule has 5 nitrogen and oxygen atoms in total. The summed E-state index contributed by atoms with van der Waals surface area (Å²) in [7, 11) is 0. The summed E-state index contributed by atoms with van der Waals surface area (Å²) in [6.07, 6.45) is 8.13. The Kier molecular flexibility index (Phi) is 6.38. The molecule has 1 aromatic rings. The zero-order valence-electron chi connectivity index (χ0n) is 16.9. The Morgan fingerprint density at radius 1 is 1.31 bits per heavy atom. The van der Waals surface area contributed by atoms with Crippen molar-refractivity contribution >= 4 is 29.4 Å². The van der Waals surface area contributed by atoms with E-state index in [-0.39, 0.29) is 11.3 Å². The number of rotatable bonds is 5. The lowest BCUT2D eigenvalue weighted by molar-refractivity contribution is 0.0631. The van der Waals surface area contributed by atoms with E-state index in [4.69, 9.17) is 16.3 Å². The van der Waals surface area contributed by atoms with Crippen LogP contribution < -0.4 is 10.6 Å². The fourth-order valence-electron chi connectivity index (χ4n) is 4.88. The van der Waals surface area contributed by atoms with E-state index in [1.165, 1.54) is 0 Å². The highest BCUT2D eigenvalue weighted by atomic mass is 35.5. The minimum absolute atomic E-state index is 0.0827. The third-order valence-corrected chi connectivity index (χ3v) is 6.96. The number of carbonyl (C=O) groups excluding carboxylic acids is 1. The van der Waals surface area contributed by atoms with Crippen molar-refractivity contribution in [2.45, 2.75) is 43.9 Å². The van der Waals surface area contributed by atoms with Gasteiger partial charge >= 0.3 is 0 Å². The van der Waals surface area contributed by atoms with Gasteiger partial charge in [0.05, 0.1) is 5.69 Å². The normalized spacial score (nSPS) is 21.2. The van der Waals surface area contributed by atoms with E-state index in [2.05, 4.69) is 22.2 Å². The summed E-state index contributed by atoms with van der Waals surface area (Å²) < 4.78 is 5.40. The molecule has 1 spiro atoms. The van der Waals surface area contributed by atoms with E-state index in [9.17, 15) is 4.79 Å². The van der Waals surface area contributed by atoms with Crippen molar-refractivity contribution in [3.05, 3.63) is 40.4 Å². The van der Waals surface area contributed by atoms with E-state index < -0.39 is 0 Å². The molecule has 2 N–H and O–H groups in total. The predicted molar refractivity (Wildman–Crippen MR) is 118 cm³/mol. The van der Waals surface area contributed by atoms with E-state index in [0.717, 1.165) is 87.6 Å². The Hall–Kier alpha value is -1.69. The molecule has 0 bridgehead atoms. The van der Waals surface area contributed by atoms with Crippen molar-refractivity contribution in [1.82, 2.24) is 10.6 Å². The number of amides is 1. The average Bonchev–Trinajstić information content (AvgIpc) is 2.75. The Bertz CT molecular complexity index is 809. The number of ether oxygens (including phenoxy) is 1. The van der Waals surface area contributed by atoms with Crippen molar-refractivity contribution in [2.75, 3.05) is 32.8 Å². The minimum Gasteiger partial charge on any atom is -0.381 e. The smallest absolute Gasteiger partial charge is 0.251 e. The van der Waals surface area contributed by atoms with Crippen molar-refractivity contribution < 1.29 is 9.53 Å². The number of allylic oxidation sites excluding steroid dienone is 1. The molecule has 3 heterocycles. The second-order valence-corrected chi connectivity index (χ2v) is 8.83. The summed E-state index contributed by atoms with van der Waals surface area (Å²) in [4.78, 5) is 17.3. The van der Waals surface area contributed by atoms with Crippen molar-refractivity contribution in [3.63, 3.8) is 0 Å². The van der Waals surface area contributed by atoms with Gasteiger partial charge in [0, 0.05) is 47.5 Å². The molecule has 0 radical (unpaired) electrons. The second kappa shape index (κ2) is 8.99. The van der Waals surface area contributed by atoms with Gasteiger partial charge in [-0.2, -0.15) is 0 Å². The zero-order chi connectivity index (χ0) is 20.3. The number of aliphatic imine (C=N–C) groups is 1. The second-order valence-electron chi connectivity index (χ2n) is 8.42. The molecule has 156 valence electrons. The van der Waals surface area contributed by atoms with Crippen LogP contribution in [0.15, 0.2) is 29.3 Å². The molecule has 2 fully saturated rings. The molecule has 6 heteroatoms. The number of nitrogens with one attached hydrogen (secondary N) is 2. The summed E-state index contributed by atoms with van der Waals surface area (Å²) in [5.41, 5.74) is 3.26. The SMILES string of the molecule is C=C1C=Nc2cc(C(=O)NCCCC3CCOCC3)cc(Cl)c2C12CCNCC2. The monoisotopic (exact) mass is 415 g/mol. The molecule has 1 amide bonds. The van der Waals surface area contributed by atoms with Crippen LogP contribution >= 0.6 is 11.6 Å². The molecule has 29 heavy (non-hydrogen) atoms. The summed E-state index contributed by atoms with van der Waals surface area (Å²) in [5, 5.41) is 7.07. The van der Waals surface area contributed by atoms with E-state index in [1.807, 2.05) is 12.3 Å². The number of nitrogens with zero attached hydrogens (tertiary/aromatic N) is 1. The van der Waals surface area contributed by atoms with Gasteiger partial charge < -0.3 is 15.4 Å². The van der Waals surface area contributed by atoms with Gasteiger partial charge in [-0.3, -0.25) is 9.79 Å². The third kappa shape index (κ3) is 4.27. The van der Waals surface area contributed by atoms with Crippen molar-refractivity contribution in [3.8, 4) is 0 Å². The molecule has 4 rings (SSSR count). The minimum atomic E-state index is -0.169. The highest BCUT2D eigenvalue weighted by molar-refractivity contribution is 6.32. The summed E-state index contributed by atoms with van der Waals surface area (Å²) in [6, 6.07) is 3.67. The molecule has 3 aliphatic heterocycles. The molecule has 0 atom stereocenters. The Balaban J connectivity index is 1.43. The van der Waals surface area contributed by atoms with Crippen LogP contribution in [0.25, 0.3) is 0 Å². The first-order chi connectivity index (χ1) is 14.1. The van der Waals surface area contributed by atoms with Gasteiger partial charge in [-0.1, -0.05) is 18.2 Å². The highest BCUT2D eigenvalue weighted by Crippen LogP contribution is 2.49. The van der Waals surface area contributed by atoms with Crippen molar-refractivity contribution in [2.24, 2.45) is 10.9 Å². The van der Waals surface area contributed by atoms with Gasteiger partial charge in [0.2, 0.25) is 0 Å². The Morgan fingerprint density at radius 2 is 2.07 bits per heavy atom. The van der Waals surface area contributed by atoms with Crippen LogP contribution in [-0.2, 0) is 10.2 Å².